The van der Waals surface area contributed by atoms with Gasteiger partial charge in [0.05, 0.1) is 6.61 Å². The molecule has 0 heterocycles. The molecule has 0 atom stereocenters. The summed E-state index contributed by atoms with van der Waals surface area (Å²) in [5.74, 6) is 0.855. The lowest BCUT2D eigenvalue weighted by Gasteiger charge is -2.06. The van der Waals surface area contributed by atoms with E-state index in [-0.39, 0.29) is 5.97 Å². The predicted octanol–water partition coefficient (Wildman–Crippen LogP) is 9.01. The van der Waals surface area contributed by atoms with Crippen molar-refractivity contribution in [1.29, 1.82) is 0 Å². The molecule has 0 aromatic rings. The molecule has 0 aromatic heterocycles. The lowest BCUT2D eigenvalue weighted by Crippen LogP contribution is -2.05. The quantitative estimate of drug-likeness (QED) is 0.135. The van der Waals surface area contributed by atoms with Crippen LogP contribution in [-0.2, 0) is 9.53 Å². The third-order valence-electron chi connectivity index (χ3n) is 5.67. The highest BCUT2D eigenvalue weighted by Gasteiger charge is 2.02. The fourth-order valence-corrected chi connectivity index (χ4v) is 3.73. The van der Waals surface area contributed by atoms with Gasteiger partial charge in [-0.25, -0.2) is 0 Å². The van der Waals surface area contributed by atoms with Crippen LogP contribution in [0.5, 0.6) is 0 Å². The highest BCUT2D eigenvalue weighted by Crippen LogP contribution is 2.13. The first-order valence-electron chi connectivity index (χ1n) is 12.8. The first-order valence-corrected chi connectivity index (χ1v) is 12.8. The van der Waals surface area contributed by atoms with Gasteiger partial charge in [-0.15, -0.1) is 0 Å². The number of hydrogen-bond acceptors (Lipinski definition) is 2. The number of esters is 1. The molecule has 0 amide bonds. The van der Waals surface area contributed by atoms with E-state index in [4.69, 9.17) is 4.74 Å². The van der Waals surface area contributed by atoms with Gasteiger partial charge in [-0.1, -0.05) is 130 Å². The molecule has 2 nitrogen and oxygen atoms in total. The third-order valence-corrected chi connectivity index (χ3v) is 5.67. The number of unbranched alkanes of at least 4 members (excludes halogenated alkanes) is 16. The van der Waals surface area contributed by atoms with Crippen LogP contribution in [0.25, 0.3) is 0 Å². The Bertz CT molecular complexity index is 312. The van der Waals surface area contributed by atoms with Gasteiger partial charge in [0.1, 0.15) is 0 Å². The van der Waals surface area contributed by atoms with Crippen molar-refractivity contribution in [3.05, 3.63) is 0 Å². The van der Waals surface area contributed by atoms with Gasteiger partial charge < -0.3 is 4.74 Å². The zero-order chi connectivity index (χ0) is 20.7. The average molecular weight is 397 g/mol. The summed E-state index contributed by atoms with van der Waals surface area (Å²) in [6.07, 6.45) is 25.5. The van der Waals surface area contributed by atoms with Crippen molar-refractivity contribution in [1.82, 2.24) is 0 Å². The minimum absolute atomic E-state index is 0.0176. The van der Waals surface area contributed by atoms with E-state index >= 15 is 0 Å². The van der Waals surface area contributed by atoms with E-state index < -0.39 is 0 Å². The minimum atomic E-state index is 0.0176. The Kier molecular flexibility index (Phi) is 22.3. The fraction of sp³-hybridized carbons (Fsp3) is 0.962. The molecule has 0 aromatic carbocycles. The van der Waals surface area contributed by atoms with E-state index in [1.807, 2.05) is 0 Å². The Hall–Kier alpha value is -0.530. The van der Waals surface area contributed by atoms with Crippen molar-refractivity contribution in [2.45, 2.75) is 149 Å². The van der Waals surface area contributed by atoms with Crippen molar-refractivity contribution in [3.63, 3.8) is 0 Å². The lowest BCUT2D eigenvalue weighted by molar-refractivity contribution is -0.143. The van der Waals surface area contributed by atoms with Crippen LogP contribution in [0.3, 0.4) is 0 Å². The van der Waals surface area contributed by atoms with Gasteiger partial charge in [0.25, 0.3) is 0 Å². The lowest BCUT2D eigenvalue weighted by atomic mass is 10.0. The van der Waals surface area contributed by atoms with Gasteiger partial charge in [0.2, 0.25) is 0 Å². The molecule has 0 radical (unpaired) electrons. The minimum Gasteiger partial charge on any atom is -0.466 e. The fourth-order valence-electron chi connectivity index (χ4n) is 3.73. The molecule has 0 aliphatic carbocycles. The second-order valence-electron chi connectivity index (χ2n) is 9.16. The molecular formula is C26H52O2. The van der Waals surface area contributed by atoms with Crippen molar-refractivity contribution in [3.8, 4) is 0 Å². The summed E-state index contributed by atoms with van der Waals surface area (Å²) in [6, 6.07) is 0. The van der Waals surface area contributed by atoms with E-state index in [1.54, 1.807) is 0 Å². The zero-order valence-electron chi connectivity index (χ0n) is 19.7. The Balaban J connectivity index is 3.15. The van der Waals surface area contributed by atoms with Crippen LogP contribution in [0.4, 0.5) is 0 Å². The number of carbonyl (C=O) groups excluding carboxylic acids is 1. The number of rotatable bonds is 22. The second-order valence-corrected chi connectivity index (χ2v) is 9.16. The average Bonchev–Trinajstić information content (AvgIpc) is 2.67. The van der Waals surface area contributed by atoms with Crippen LogP contribution in [0.2, 0.25) is 0 Å². The molecule has 0 fully saturated rings. The number of ether oxygens (including phenoxy) is 1. The Labute approximate surface area is 177 Å². The molecule has 0 N–H and O–H groups in total. The van der Waals surface area contributed by atoms with Crippen LogP contribution in [0.15, 0.2) is 0 Å². The maximum atomic E-state index is 11.7. The zero-order valence-corrected chi connectivity index (χ0v) is 19.7. The topological polar surface area (TPSA) is 26.3 Å². The largest absolute Gasteiger partial charge is 0.466 e. The molecule has 0 aliphatic rings. The first kappa shape index (κ1) is 27.5. The van der Waals surface area contributed by atoms with Crippen LogP contribution in [0, 0.1) is 5.92 Å². The van der Waals surface area contributed by atoms with E-state index in [9.17, 15) is 4.79 Å². The predicted molar refractivity (Wildman–Crippen MR) is 124 cm³/mol. The molecule has 0 aliphatic heterocycles. The van der Waals surface area contributed by atoms with Gasteiger partial charge in [0, 0.05) is 6.42 Å². The number of hydrogen-bond donors (Lipinski definition) is 0. The summed E-state index contributed by atoms with van der Waals surface area (Å²) in [5.41, 5.74) is 0. The molecule has 0 rings (SSSR count). The summed E-state index contributed by atoms with van der Waals surface area (Å²) in [5, 5.41) is 0. The molecule has 0 unspecified atom stereocenters. The number of carbonyl (C=O) groups is 1. The van der Waals surface area contributed by atoms with Gasteiger partial charge in [0.15, 0.2) is 0 Å². The maximum Gasteiger partial charge on any atom is 0.305 e. The maximum absolute atomic E-state index is 11.7. The first-order chi connectivity index (χ1) is 13.7. The van der Waals surface area contributed by atoms with Crippen molar-refractivity contribution in [2.24, 2.45) is 5.92 Å². The molecule has 0 spiro atoms. The van der Waals surface area contributed by atoms with E-state index in [2.05, 4.69) is 20.8 Å². The molecular weight excluding hydrogens is 344 g/mol. The van der Waals surface area contributed by atoms with Crippen molar-refractivity contribution < 1.29 is 9.53 Å². The monoisotopic (exact) mass is 396 g/mol. The highest BCUT2D eigenvalue weighted by atomic mass is 16.5. The van der Waals surface area contributed by atoms with E-state index in [1.165, 1.54) is 109 Å². The molecule has 28 heavy (non-hydrogen) atoms. The van der Waals surface area contributed by atoms with Crippen LogP contribution in [-0.4, -0.2) is 12.6 Å². The van der Waals surface area contributed by atoms with Gasteiger partial charge >= 0.3 is 5.97 Å². The summed E-state index contributed by atoms with van der Waals surface area (Å²) < 4.78 is 5.36. The Morgan fingerprint density at radius 3 is 1.54 bits per heavy atom. The summed E-state index contributed by atoms with van der Waals surface area (Å²) in [6.45, 7) is 7.50. The van der Waals surface area contributed by atoms with Crippen molar-refractivity contribution >= 4 is 5.97 Å². The van der Waals surface area contributed by atoms with Crippen LogP contribution >= 0.6 is 0 Å². The second kappa shape index (κ2) is 22.8. The van der Waals surface area contributed by atoms with Gasteiger partial charge in [-0.2, -0.15) is 0 Å². The normalized spacial score (nSPS) is 11.3. The molecule has 168 valence electrons. The summed E-state index contributed by atoms with van der Waals surface area (Å²) in [7, 11) is 0. The van der Waals surface area contributed by atoms with E-state index in [0.717, 1.165) is 18.8 Å². The molecule has 0 bridgehead atoms. The Morgan fingerprint density at radius 1 is 0.607 bits per heavy atom. The molecule has 2 heteroatoms. The third kappa shape index (κ3) is 23.5. The van der Waals surface area contributed by atoms with Gasteiger partial charge in [-0.3, -0.25) is 4.79 Å². The highest BCUT2D eigenvalue weighted by molar-refractivity contribution is 5.69. The van der Waals surface area contributed by atoms with Gasteiger partial charge in [-0.05, 0) is 18.8 Å². The van der Waals surface area contributed by atoms with E-state index in [0.29, 0.717) is 13.0 Å². The standard InChI is InChI=1S/C26H52O2/c1-4-5-6-7-8-9-10-11-12-13-17-20-23-26(27)28-24-21-18-15-14-16-19-22-25(2)3/h25H,4-24H2,1-3H3. The molecule has 0 saturated carbocycles. The molecule has 0 saturated heterocycles. The van der Waals surface area contributed by atoms with Crippen LogP contribution in [0.1, 0.15) is 149 Å². The Morgan fingerprint density at radius 2 is 1.04 bits per heavy atom. The summed E-state index contributed by atoms with van der Waals surface area (Å²) in [4.78, 5) is 11.7. The smallest absolute Gasteiger partial charge is 0.305 e. The van der Waals surface area contributed by atoms with Crippen molar-refractivity contribution in [2.75, 3.05) is 6.61 Å². The SMILES string of the molecule is CCCCCCCCCCCCCCC(=O)OCCCCCCCCC(C)C. The summed E-state index contributed by atoms with van der Waals surface area (Å²) >= 11 is 0. The van der Waals surface area contributed by atoms with Crippen LogP contribution < -0.4 is 0 Å².